The molecule has 3 N–H and O–H groups in total. The van der Waals surface area contributed by atoms with Gasteiger partial charge in [0.1, 0.15) is 0 Å². The fourth-order valence-corrected chi connectivity index (χ4v) is 3.36. The average Bonchev–Trinajstić information content (AvgIpc) is 2.60. The van der Waals surface area contributed by atoms with E-state index in [0.717, 1.165) is 23.0 Å². The Morgan fingerprint density at radius 2 is 1.71 bits per heavy atom. The van der Waals surface area contributed by atoms with Gasteiger partial charge in [-0.1, -0.05) is 11.8 Å². The molecule has 144 valence electrons. The number of hydrogen-bond acceptors (Lipinski definition) is 6. The van der Waals surface area contributed by atoms with Gasteiger partial charge in [0.25, 0.3) is 5.56 Å². The van der Waals surface area contributed by atoms with Crippen molar-refractivity contribution in [3.8, 4) is 0 Å². The number of aromatic amines is 1. The molecule has 0 atom stereocenters. The number of fused-ring (bicyclic) bond motifs is 1. The summed E-state index contributed by atoms with van der Waals surface area (Å²) in [5.41, 5.74) is 2.94. The summed E-state index contributed by atoms with van der Waals surface area (Å²) in [5.74, 6) is -0.328. The summed E-state index contributed by atoms with van der Waals surface area (Å²) in [6.45, 7) is 5.11. The van der Waals surface area contributed by atoms with Gasteiger partial charge in [-0.3, -0.25) is 14.4 Å². The molecule has 0 unspecified atom stereocenters. The first-order chi connectivity index (χ1) is 13.3. The maximum Gasteiger partial charge on any atom is 0.261 e. The molecule has 28 heavy (non-hydrogen) atoms. The molecule has 9 heteroatoms. The summed E-state index contributed by atoms with van der Waals surface area (Å²) < 4.78 is 0. The van der Waals surface area contributed by atoms with Crippen molar-refractivity contribution in [1.82, 2.24) is 15.0 Å². The molecule has 0 aliphatic carbocycles. The quantitative estimate of drug-likeness (QED) is 0.450. The lowest BCUT2D eigenvalue weighted by atomic mass is 10.2. The number of rotatable bonds is 5. The van der Waals surface area contributed by atoms with Crippen LogP contribution in [0.5, 0.6) is 0 Å². The Kier molecular flexibility index (Phi) is 5.74. The zero-order valence-corrected chi connectivity index (χ0v) is 16.4. The van der Waals surface area contributed by atoms with E-state index in [1.165, 1.54) is 6.92 Å². The van der Waals surface area contributed by atoms with Crippen LogP contribution in [0.3, 0.4) is 0 Å². The van der Waals surface area contributed by atoms with Crippen LogP contribution in [0.25, 0.3) is 11.0 Å². The Bertz CT molecular complexity index is 1110. The first-order valence-corrected chi connectivity index (χ1v) is 9.49. The van der Waals surface area contributed by atoms with E-state index >= 15 is 0 Å². The molecule has 2 amide bonds. The first kappa shape index (κ1) is 19.6. The Morgan fingerprint density at radius 3 is 2.36 bits per heavy atom. The third-order valence-corrected chi connectivity index (χ3v) is 4.68. The maximum absolute atomic E-state index is 12.3. The second-order valence-corrected chi connectivity index (χ2v) is 7.21. The molecule has 8 nitrogen and oxygen atoms in total. The van der Waals surface area contributed by atoms with E-state index in [1.54, 1.807) is 24.3 Å². The monoisotopic (exact) mass is 397 g/mol. The molecular weight excluding hydrogens is 378 g/mol. The van der Waals surface area contributed by atoms with Crippen LogP contribution in [-0.2, 0) is 9.59 Å². The van der Waals surface area contributed by atoms with Crippen molar-refractivity contribution < 1.29 is 9.59 Å². The van der Waals surface area contributed by atoms with Crippen LogP contribution in [-0.4, -0.2) is 32.5 Å². The molecular formula is C19H19N5O3S. The summed E-state index contributed by atoms with van der Waals surface area (Å²) in [6.07, 6.45) is 0. The third-order valence-electron chi connectivity index (χ3n) is 3.81. The molecule has 0 spiro atoms. The van der Waals surface area contributed by atoms with Crippen molar-refractivity contribution in [2.24, 2.45) is 0 Å². The Hall–Kier alpha value is -3.20. The zero-order chi connectivity index (χ0) is 20.3. The van der Waals surface area contributed by atoms with Gasteiger partial charge in [0, 0.05) is 24.0 Å². The van der Waals surface area contributed by atoms with Gasteiger partial charge in [-0.2, -0.15) is 0 Å². The molecule has 0 bridgehead atoms. The number of H-pyrrole nitrogens is 1. The summed E-state index contributed by atoms with van der Waals surface area (Å²) in [7, 11) is 0. The van der Waals surface area contributed by atoms with E-state index in [1.807, 2.05) is 19.9 Å². The number of nitrogens with one attached hydrogen (secondary N) is 3. The van der Waals surface area contributed by atoms with Crippen molar-refractivity contribution in [1.29, 1.82) is 0 Å². The molecule has 1 aromatic carbocycles. The zero-order valence-electron chi connectivity index (χ0n) is 15.6. The van der Waals surface area contributed by atoms with Crippen LogP contribution in [0.15, 0.2) is 40.3 Å². The van der Waals surface area contributed by atoms with E-state index in [-0.39, 0.29) is 23.1 Å². The maximum atomic E-state index is 12.3. The molecule has 3 rings (SSSR count). The van der Waals surface area contributed by atoms with Crippen LogP contribution < -0.4 is 16.2 Å². The largest absolute Gasteiger partial charge is 0.326 e. The van der Waals surface area contributed by atoms with E-state index in [2.05, 4.69) is 25.6 Å². The highest BCUT2D eigenvalue weighted by Crippen LogP contribution is 2.18. The number of thioether (sulfide) groups is 1. The van der Waals surface area contributed by atoms with Gasteiger partial charge in [0.15, 0.2) is 10.8 Å². The van der Waals surface area contributed by atoms with Crippen LogP contribution in [0.4, 0.5) is 11.4 Å². The van der Waals surface area contributed by atoms with Gasteiger partial charge >= 0.3 is 0 Å². The van der Waals surface area contributed by atoms with Crippen molar-refractivity contribution >= 4 is 46.0 Å². The summed E-state index contributed by atoms with van der Waals surface area (Å²) in [4.78, 5) is 46.8. The van der Waals surface area contributed by atoms with E-state index < -0.39 is 0 Å². The predicted octanol–water partition coefficient (Wildman–Crippen LogP) is 2.62. The topological polar surface area (TPSA) is 117 Å². The van der Waals surface area contributed by atoms with E-state index in [9.17, 15) is 14.4 Å². The van der Waals surface area contributed by atoms with Crippen LogP contribution in [0.2, 0.25) is 0 Å². The molecule has 0 saturated carbocycles. The number of nitrogens with zero attached hydrogens (tertiary/aromatic N) is 2. The Balaban J connectivity index is 1.66. The van der Waals surface area contributed by atoms with Gasteiger partial charge in [-0.15, -0.1) is 0 Å². The molecule has 2 heterocycles. The lowest BCUT2D eigenvalue weighted by molar-refractivity contribution is -0.114. The number of anilines is 2. The minimum absolute atomic E-state index is 0.0761. The number of pyridine rings is 1. The number of carbonyl (C=O) groups is 2. The first-order valence-electron chi connectivity index (χ1n) is 8.50. The number of aryl methyl sites for hydroxylation is 2. The minimum Gasteiger partial charge on any atom is -0.326 e. The van der Waals surface area contributed by atoms with E-state index in [4.69, 9.17) is 0 Å². The molecule has 0 saturated heterocycles. The summed E-state index contributed by atoms with van der Waals surface area (Å²) in [6, 6.07) is 8.61. The highest BCUT2D eigenvalue weighted by atomic mass is 32.2. The highest BCUT2D eigenvalue weighted by Gasteiger charge is 2.11. The molecule has 2 aromatic heterocycles. The van der Waals surface area contributed by atoms with Crippen LogP contribution in [0, 0.1) is 13.8 Å². The second-order valence-electron chi connectivity index (χ2n) is 6.25. The SMILES string of the molecule is CC(=O)Nc1ccc(NC(=O)CSc2nc3nc(C)cc(C)c3c(=O)[nH]2)cc1. The van der Waals surface area contributed by atoms with Crippen molar-refractivity contribution in [2.45, 2.75) is 25.9 Å². The molecule has 0 radical (unpaired) electrons. The third kappa shape index (κ3) is 4.74. The predicted molar refractivity (Wildman–Crippen MR) is 110 cm³/mol. The molecule has 0 aliphatic rings. The van der Waals surface area contributed by atoms with Crippen LogP contribution in [0.1, 0.15) is 18.2 Å². The molecule has 0 aliphatic heterocycles. The number of hydrogen-bond donors (Lipinski definition) is 3. The number of carbonyl (C=O) groups excluding carboxylic acids is 2. The smallest absolute Gasteiger partial charge is 0.261 e. The minimum atomic E-state index is -0.272. The van der Waals surface area contributed by atoms with E-state index in [0.29, 0.717) is 27.6 Å². The lowest BCUT2D eigenvalue weighted by Crippen LogP contribution is -2.16. The fraction of sp³-hybridized carbons (Fsp3) is 0.211. The number of aromatic nitrogens is 3. The van der Waals surface area contributed by atoms with Gasteiger partial charge in [0.2, 0.25) is 11.8 Å². The highest BCUT2D eigenvalue weighted by molar-refractivity contribution is 7.99. The summed E-state index contributed by atoms with van der Waals surface area (Å²) in [5, 5.41) is 6.21. The Labute approximate surface area is 165 Å². The van der Waals surface area contributed by atoms with Gasteiger partial charge in [-0.05, 0) is 49.7 Å². The van der Waals surface area contributed by atoms with Gasteiger partial charge in [0.05, 0.1) is 11.1 Å². The standard InChI is InChI=1S/C19H19N5O3S/c1-10-8-11(2)20-17-16(10)18(27)24-19(23-17)28-9-15(26)22-14-6-4-13(5-7-14)21-12(3)25/h4-8H,9H2,1-3H3,(H,21,25)(H,22,26)(H,20,23,24,27). The second kappa shape index (κ2) is 8.22. The van der Waals surface area contributed by atoms with Gasteiger partial charge in [-0.25, -0.2) is 9.97 Å². The van der Waals surface area contributed by atoms with Crippen molar-refractivity contribution in [3.63, 3.8) is 0 Å². The number of amides is 2. The lowest BCUT2D eigenvalue weighted by Gasteiger charge is -2.07. The van der Waals surface area contributed by atoms with Crippen molar-refractivity contribution in [3.05, 3.63) is 51.9 Å². The average molecular weight is 397 g/mol. The summed E-state index contributed by atoms with van der Waals surface area (Å²) >= 11 is 1.12. The van der Waals surface area contributed by atoms with Gasteiger partial charge < -0.3 is 15.6 Å². The molecule has 0 fully saturated rings. The van der Waals surface area contributed by atoms with Crippen molar-refractivity contribution in [2.75, 3.05) is 16.4 Å². The normalized spacial score (nSPS) is 10.7. The number of benzene rings is 1. The molecule has 3 aromatic rings. The Morgan fingerprint density at radius 1 is 1.07 bits per heavy atom. The van der Waals surface area contributed by atoms with Crippen LogP contribution >= 0.6 is 11.8 Å². The fourth-order valence-electron chi connectivity index (χ4n) is 2.70.